The summed E-state index contributed by atoms with van der Waals surface area (Å²) in [4.78, 5) is 0. The van der Waals surface area contributed by atoms with Crippen LogP contribution in [-0.2, 0) is 9.84 Å². The van der Waals surface area contributed by atoms with Crippen LogP contribution in [0.4, 0.5) is 5.69 Å². The van der Waals surface area contributed by atoms with Gasteiger partial charge in [-0.25, -0.2) is 8.42 Å². The fourth-order valence-corrected chi connectivity index (χ4v) is 3.61. The van der Waals surface area contributed by atoms with E-state index in [9.17, 15) is 8.42 Å². The molecule has 2 atom stereocenters. The van der Waals surface area contributed by atoms with Gasteiger partial charge in [0.2, 0.25) is 0 Å². The number of nitrogens with two attached hydrogens (primary N) is 1. The standard InChI is InChI=1S/C19H23N.C4H10O2S.CH4S/c1-2-14-5-4-8-19(14)16-11-9-15(10-12-16)17-6-3-7-18(20)13-17;1-4(2)7(3,5)6;1-2/h3,6-7,9-14,19H,2,4-5,8,20H2,1H3;4H,1-3H3;2H,1H3. The van der Waals surface area contributed by atoms with Crippen LogP contribution in [0.15, 0.2) is 48.5 Å². The normalized spacial score (nSPS) is 18.4. The topological polar surface area (TPSA) is 60.2 Å². The van der Waals surface area contributed by atoms with Crippen molar-refractivity contribution in [2.45, 2.75) is 57.6 Å². The first-order chi connectivity index (χ1) is 13.7. The molecular formula is C24H37NO2S2. The van der Waals surface area contributed by atoms with Gasteiger partial charge in [-0.05, 0) is 73.6 Å². The Hall–Kier alpha value is -1.46. The molecule has 0 heterocycles. The molecule has 1 aliphatic rings. The third kappa shape index (κ3) is 8.06. The molecule has 0 radical (unpaired) electrons. The van der Waals surface area contributed by atoms with Gasteiger partial charge in [-0.3, -0.25) is 0 Å². The van der Waals surface area contributed by atoms with Crippen LogP contribution in [0.25, 0.3) is 11.1 Å². The molecule has 3 rings (SSSR count). The number of hydrogen-bond donors (Lipinski definition) is 2. The molecule has 0 amide bonds. The fourth-order valence-electron chi connectivity index (χ4n) is 3.61. The minimum absolute atomic E-state index is 0.229. The summed E-state index contributed by atoms with van der Waals surface area (Å²) >= 11 is 3.53. The van der Waals surface area contributed by atoms with Crippen molar-refractivity contribution in [1.29, 1.82) is 0 Å². The van der Waals surface area contributed by atoms with Crippen LogP contribution in [0.1, 0.15) is 57.9 Å². The number of anilines is 1. The first kappa shape index (κ1) is 25.6. The number of benzene rings is 2. The highest BCUT2D eigenvalue weighted by atomic mass is 32.2. The zero-order valence-corrected chi connectivity index (χ0v) is 20.1. The Morgan fingerprint density at radius 2 is 1.62 bits per heavy atom. The van der Waals surface area contributed by atoms with Crippen LogP contribution in [0.5, 0.6) is 0 Å². The summed E-state index contributed by atoms with van der Waals surface area (Å²) in [5.74, 6) is 1.66. The molecule has 3 nitrogen and oxygen atoms in total. The first-order valence-electron chi connectivity index (χ1n) is 10.3. The molecule has 29 heavy (non-hydrogen) atoms. The Bertz CT molecular complexity index is 830. The molecule has 2 unspecified atom stereocenters. The van der Waals surface area contributed by atoms with Gasteiger partial charge in [-0.15, -0.1) is 0 Å². The lowest BCUT2D eigenvalue weighted by Gasteiger charge is -2.18. The molecule has 0 bridgehead atoms. The smallest absolute Gasteiger partial charge is 0.149 e. The lowest BCUT2D eigenvalue weighted by atomic mass is 9.86. The van der Waals surface area contributed by atoms with Crippen LogP contribution in [0, 0.1) is 5.92 Å². The molecule has 162 valence electrons. The molecule has 5 heteroatoms. The van der Waals surface area contributed by atoms with E-state index in [2.05, 4.69) is 49.9 Å². The number of sulfone groups is 1. The van der Waals surface area contributed by atoms with E-state index in [1.54, 1.807) is 20.1 Å². The van der Waals surface area contributed by atoms with Crippen molar-refractivity contribution in [1.82, 2.24) is 0 Å². The number of rotatable bonds is 4. The summed E-state index contributed by atoms with van der Waals surface area (Å²) in [6.07, 6.45) is 8.38. The van der Waals surface area contributed by atoms with Crippen LogP contribution in [0.2, 0.25) is 0 Å². The average Bonchev–Trinajstić information content (AvgIpc) is 3.18. The van der Waals surface area contributed by atoms with Gasteiger partial charge in [0.15, 0.2) is 0 Å². The van der Waals surface area contributed by atoms with E-state index in [0.717, 1.165) is 17.5 Å². The van der Waals surface area contributed by atoms with E-state index in [1.807, 2.05) is 18.2 Å². The second-order valence-corrected chi connectivity index (χ2v) is 10.4. The van der Waals surface area contributed by atoms with Gasteiger partial charge < -0.3 is 5.73 Å². The van der Waals surface area contributed by atoms with Crippen molar-refractivity contribution < 1.29 is 8.42 Å². The quantitative estimate of drug-likeness (QED) is 0.443. The summed E-state index contributed by atoms with van der Waals surface area (Å²) in [5, 5.41) is -0.229. The van der Waals surface area contributed by atoms with Crippen molar-refractivity contribution in [2.24, 2.45) is 5.92 Å². The van der Waals surface area contributed by atoms with Crippen LogP contribution < -0.4 is 5.73 Å². The zero-order valence-electron chi connectivity index (χ0n) is 18.4. The molecule has 0 aliphatic heterocycles. The molecule has 0 spiro atoms. The SMILES string of the molecule is CC(C)S(C)(=O)=O.CCC1CCCC1c1ccc(-c2cccc(N)c2)cc1.CS. The predicted molar refractivity (Wildman–Crippen MR) is 132 cm³/mol. The largest absolute Gasteiger partial charge is 0.399 e. The van der Waals surface area contributed by atoms with Gasteiger partial charge in [-0.1, -0.05) is 56.2 Å². The second kappa shape index (κ2) is 12.3. The Morgan fingerprint density at radius 1 is 1.03 bits per heavy atom. The molecule has 1 fully saturated rings. The van der Waals surface area contributed by atoms with E-state index in [1.165, 1.54) is 48.6 Å². The van der Waals surface area contributed by atoms with Gasteiger partial charge in [-0.2, -0.15) is 12.6 Å². The summed E-state index contributed by atoms with van der Waals surface area (Å²) in [7, 11) is -2.74. The van der Waals surface area contributed by atoms with E-state index in [4.69, 9.17) is 5.73 Å². The average molecular weight is 436 g/mol. The molecule has 1 saturated carbocycles. The van der Waals surface area contributed by atoms with Crippen molar-refractivity contribution in [3.8, 4) is 11.1 Å². The van der Waals surface area contributed by atoms with Gasteiger partial charge >= 0.3 is 0 Å². The third-order valence-corrected chi connectivity index (χ3v) is 7.31. The maximum Gasteiger partial charge on any atom is 0.149 e. The molecule has 2 N–H and O–H groups in total. The summed E-state index contributed by atoms with van der Waals surface area (Å²) in [6, 6.07) is 17.2. The molecule has 0 saturated heterocycles. The Kier molecular flexibility index (Phi) is 10.8. The van der Waals surface area contributed by atoms with Crippen LogP contribution in [0.3, 0.4) is 0 Å². The van der Waals surface area contributed by atoms with E-state index in [-0.39, 0.29) is 5.25 Å². The predicted octanol–water partition coefficient (Wildman–Crippen LogP) is 6.21. The molecular weight excluding hydrogens is 398 g/mol. The Balaban J connectivity index is 0.000000399. The molecule has 1 aliphatic carbocycles. The van der Waals surface area contributed by atoms with Gasteiger partial charge in [0.05, 0.1) is 5.25 Å². The summed E-state index contributed by atoms with van der Waals surface area (Å²) in [5.41, 5.74) is 10.7. The molecule has 0 aromatic heterocycles. The molecule has 2 aromatic carbocycles. The first-order valence-corrected chi connectivity index (χ1v) is 13.2. The zero-order chi connectivity index (χ0) is 22.0. The van der Waals surface area contributed by atoms with Gasteiger partial charge in [0.25, 0.3) is 0 Å². The Labute approximate surface area is 183 Å². The molecule has 2 aromatic rings. The fraction of sp³-hybridized carbons (Fsp3) is 0.500. The minimum Gasteiger partial charge on any atom is -0.399 e. The third-order valence-electron chi connectivity index (χ3n) is 5.60. The summed E-state index contributed by atoms with van der Waals surface area (Å²) < 4.78 is 20.7. The maximum absolute atomic E-state index is 10.3. The highest BCUT2D eigenvalue weighted by molar-refractivity contribution is 7.91. The number of hydrogen-bond acceptors (Lipinski definition) is 4. The Morgan fingerprint density at radius 3 is 2.10 bits per heavy atom. The lowest BCUT2D eigenvalue weighted by molar-refractivity contribution is 0.470. The van der Waals surface area contributed by atoms with Crippen molar-refractivity contribution in [3.05, 3.63) is 54.1 Å². The van der Waals surface area contributed by atoms with Gasteiger partial charge in [0, 0.05) is 11.9 Å². The number of thiol groups is 1. The highest BCUT2D eigenvalue weighted by Gasteiger charge is 2.26. The van der Waals surface area contributed by atoms with Crippen LogP contribution in [-0.4, -0.2) is 26.2 Å². The lowest BCUT2D eigenvalue weighted by Crippen LogP contribution is -2.10. The second-order valence-electron chi connectivity index (χ2n) is 7.83. The number of nitrogen functional groups attached to an aromatic ring is 1. The van der Waals surface area contributed by atoms with Crippen molar-refractivity contribution >= 4 is 28.2 Å². The maximum atomic E-state index is 10.3. The monoisotopic (exact) mass is 435 g/mol. The van der Waals surface area contributed by atoms with E-state index < -0.39 is 9.84 Å². The van der Waals surface area contributed by atoms with E-state index >= 15 is 0 Å². The minimum atomic E-state index is -2.74. The van der Waals surface area contributed by atoms with Gasteiger partial charge in [0.1, 0.15) is 9.84 Å². The van der Waals surface area contributed by atoms with E-state index in [0.29, 0.717) is 0 Å². The summed E-state index contributed by atoms with van der Waals surface area (Å²) in [6.45, 7) is 5.65. The highest BCUT2D eigenvalue weighted by Crippen LogP contribution is 2.41. The van der Waals surface area contributed by atoms with Crippen molar-refractivity contribution in [3.63, 3.8) is 0 Å². The van der Waals surface area contributed by atoms with Crippen molar-refractivity contribution in [2.75, 3.05) is 18.2 Å². The van der Waals surface area contributed by atoms with Crippen LogP contribution >= 0.6 is 12.6 Å².